The summed E-state index contributed by atoms with van der Waals surface area (Å²) in [6, 6.07) is 6.08. The first-order valence-electron chi connectivity index (χ1n) is 3.71. The Morgan fingerprint density at radius 2 is 1.67 bits per heavy atom. The minimum absolute atomic E-state index is 0.538. The Morgan fingerprint density at radius 1 is 1.20 bits per heavy atom. The number of sulfone groups is 1. The number of rotatable bonds is 3. The molecule has 0 N–H and O–H groups in total. The highest BCUT2D eigenvalue weighted by atomic mass is 32.2. The van der Waals surface area contributed by atoms with Crippen LogP contribution in [0.25, 0.3) is 0 Å². The first kappa shape index (κ1) is 12.3. The maximum atomic E-state index is 12.9. The van der Waals surface area contributed by atoms with Gasteiger partial charge in [-0.25, -0.2) is 12.8 Å². The highest BCUT2D eigenvalue weighted by molar-refractivity contribution is 7.97. The van der Waals surface area contributed by atoms with Gasteiger partial charge in [0.15, 0.2) is 0 Å². The third-order valence-electron chi connectivity index (χ3n) is 1.58. The van der Waals surface area contributed by atoms with Crippen LogP contribution in [0.4, 0.5) is 4.39 Å². The van der Waals surface area contributed by atoms with Crippen LogP contribution in [-0.4, -0.2) is 13.7 Å². The fourth-order valence-corrected chi connectivity index (χ4v) is 3.38. The Balaban J connectivity index is 3.22. The molecule has 0 spiro atoms. The van der Waals surface area contributed by atoms with Crippen molar-refractivity contribution in [3.8, 4) is 0 Å². The molecular formula is C7H6FO5PS-2. The molecule has 0 saturated heterocycles. The van der Waals surface area contributed by atoms with Crippen molar-refractivity contribution in [2.75, 3.05) is 0 Å². The van der Waals surface area contributed by atoms with E-state index in [4.69, 9.17) is 0 Å². The quantitative estimate of drug-likeness (QED) is 0.683. The lowest BCUT2D eigenvalue weighted by molar-refractivity contribution is -0.317. The van der Waals surface area contributed by atoms with Gasteiger partial charge in [0.1, 0.15) is 0 Å². The molecule has 0 aliphatic carbocycles. The van der Waals surface area contributed by atoms with E-state index in [0.29, 0.717) is 0 Å². The zero-order valence-corrected chi connectivity index (χ0v) is 8.95. The monoisotopic (exact) mass is 252 g/mol. The molecule has 15 heavy (non-hydrogen) atoms. The number of halogens is 1. The standard InChI is InChI=1S/C7H8FO5PS/c8-7(14(9,10)11)15(12,13)6-4-2-1-3-5-6/h1-5,7H,(H2,9,10,11)/p-2. The molecule has 1 unspecified atom stereocenters. The average Bonchev–Trinajstić information content (AvgIpc) is 2.16. The molecule has 1 aromatic rings. The summed E-state index contributed by atoms with van der Waals surface area (Å²) in [5.74, 6) is 0. The Hall–Kier alpha value is -0.750. The van der Waals surface area contributed by atoms with Crippen molar-refractivity contribution in [1.29, 1.82) is 0 Å². The summed E-state index contributed by atoms with van der Waals surface area (Å²) in [7, 11) is -10.5. The maximum Gasteiger partial charge on any atom is 0.230 e. The molecule has 0 aromatic heterocycles. The summed E-state index contributed by atoms with van der Waals surface area (Å²) in [6.45, 7) is 0. The number of hydrogen-bond acceptors (Lipinski definition) is 5. The Bertz CT molecular complexity index is 479. The second kappa shape index (κ2) is 4.02. The molecule has 1 aromatic carbocycles. The van der Waals surface area contributed by atoms with Crippen LogP contribution in [0, 0.1) is 0 Å². The summed E-state index contributed by atoms with van der Waals surface area (Å²) in [4.78, 5) is 20.0. The number of benzene rings is 1. The van der Waals surface area contributed by atoms with E-state index in [1.807, 2.05) is 0 Å². The van der Waals surface area contributed by atoms with Gasteiger partial charge in [-0.2, -0.15) is 0 Å². The lowest BCUT2D eigenvalue weighted by atomic mass is 10.4. The van der Waals surface area contributed by atoms with Crippen molar-refractivity contribution >= 4 is 17.4 Å². The van der Waals surface area contributed by atoms with E-state index in [1.165, 1.54) is 18.2 Å². The van der Waals surface area contributed by atoms with Gasteiger partial charge in [0.25, 0.3) is 0 Å². The van der Waals surface area contributed by atoms with E-state index in [9.17, 15) is 27.2 Å². The zero-order chi connectivity index (χ0) is 11.7. The molecule has 0 saturated carbocycles. The van der Waals surface area contributed by atoms with Gasteiger partial charge < -0.3 is 14.4 Å². The Morgan fingerprint density at radius 3 is 2.07 bits per heavy atom. The Kier molecular flexibility index (Phi) is 3.30. The molecule has 1 atom stereocenters. The van der Waals surface area contributed by atoms with Gasteiger partial charge in [-0.15, -0.1) is 0 Å². The van der Waals surface area contributed by atoms with Crippen molar-refractivity contribution in [3.63, 3.8) is 0 Å². The molecule has 0 radical (unpaired) electrons. The van der Waals surface area contributed by atoms with Gasteiger partial charge in [-0.1, -0.05) is 18.2 Å². The molecule has 8 heteroatoms. The van der Waals surface area contributed by atoms with E-state index >= 15 is 0 Å². The average molecular weight is 252 g/mol. The summed E-state index contributed by atoms with van der Waals surface area (Å²) >= 11 is 0. The third kappa shape index (κ3) is 2.63. The molecule has 0 amide bonds. The first-order chi connectivity index (χ1) is 6.76. The van der Waals surface area contributed by atoms with Crippen molar-refractivity contribution < 1.29 is 27.2 Å². The lowest BCUT2D eigenvalue weighted by Crippen LogP contribution is -2.29. The van der Waals surface area contributed by atoms with E-state index in [0.717, 1.165) is 12.1 Å². The van der Waals surface area contributed by atoms with Crippen molar-refractivity contribution in [1.82, 2.24) is 0 Å². The molecule has 84 valence electrons. The van der Waals surface area contributed by atoms with Crippen LogP contribution in [0.5, 0.6) is 0 Å². The van der Waals surface area contributed by atoms with Crippen LogP contribution in [-0.2, 0) is 14.4 Å². The topological polar surface area (TPSA) is 97.3 Å². The van der Waals surface area contributed by atoms with Crippen LogP contribution in [0.2, 0.25) is 0 Å². The van der Waals surface area contributed by atoms with Crippen molar-refractivity contribution in [2.45, 2.75) is 10.1 Å². The number of alkyl halides is 1. The molecule has 0 aliphatic heterocycles. The highest BCUT2D eigenvalue weighted by Crippen LogP contribution is 2.39. The first-order valence-corrected chi connectivity index (χ1v) is 6.87. The summed E-state index contributed by atoms with van der Waals surface area (Å²) in [6.07, 6.45) is 0. The molecular weight excluding hydrogens is 246 g/mol. The molecule has 0 aliphatic rings. The fraction of sp³-hybridized carbons (Fsp3) is 0.143. The summed E-state index contributed by atoms with van der Waals surface area (Å²) in [5.41, 5.74) is 0. The number of hydrogen-bond donors (Lipinski definition) is 0. The Labute approximate surface area is 85.6 Å². The van der Waals surface area contributed by atoms with E-state index in [2.05, 4.69) is 0 Å². The molecule has 0 fully saturated rings. The second-order valence-electron chi connectivity index (χ2n) is 2.69. The molecule has 0 heterocycles. The van der Waals surface area contributed by atoms with E-state index < -0.39 is 27.6 Å². The third-order valence-corrected chi connectivity index (χ3v) is 5.12. The molecule has 0 bridgehead atoms. The zero-order valence-electron chi connectivity index (χ0n) is 7.24. The SMILES string of the molecule is O=P([O-])([O-])C(F)S(=O)(=O)c1ccccc1. The minimum atomic E-state index is -5.80. The predicted molar refractivity (Wildman–Crippen MR) is 46.1 cm³/mol. The van der Waals surface area contributed by atoms with Gasteiger partial charge in [-0.05, 0) is 19.7 Å². The molecule has 5 nitrogen and oxygen atoms in total. The van der Waals surface area contributed by atoms with Gasteiger partial charge in [0, 0.05) is 0 Å². The van der Waals surface area contributed by atoms with Crippen molar-refractivity contribution in [3.05, 3.63) is 30.3 Å². The largest absolute Gasteiger partial charge is 0.808 e. The van der Waals surface area contributed by atoms with Crippen LogP contribution >= 0.6 is 7.60 Å². The minimum Gasteiger partial charge on any atom is -0.808 e. The smallest absolute Gasteiger partial charge is 0.230 e. The fourth-order valence-electron chi connectivity index (χ4n) is 0.892. The van der Waals surface area contributed by atoms with Crippen LogP contribution < -0.4 is 9.79 Å². The molecule has 1 rings (SSSR count). The second-order valence-corrected chi connectivity index (χ2v) is 6.55. The summed E-state index contributed by atoms with van der Waals surface area (Å²) < 4.78 is 45.6. The van der Waals surface area contributed by atoms with E-state index in [1.54, 1.807) is 0 Å². The van der Waals surface area contributed by atoms with Crippen LogP contribution in [0.3, 0.4) is 0 Å². The van der Waals surface area contributed by atoms with Crippen LogP contribution in [0.1, 0.15) is 0 Å². The normalized spacial score (nSPS) is 14.9. The predicted octanol–water partition coefficient (Wildman–Crippen LogP) is -0.373. The summed E-state index contributed by atoms with van der Waals surface area (Å²) in [5, 5.41) is -3.44. The van der Waals surface area contributed by atoms with Crippen molar-refractivity contribution in [2.24, 2.45) is 0 Å². The van der Waals surface area contributed by atoms with Gasteiger partial charge in [0.2, 0.25) is 15.1 Å². The van der Waals surface area contributed by atoms with Gasteiger partial charge in [-0.3, -0.25) is 0 Å². The van der Waals surface area contributed by atoms with Gasteiger partial charge in [0.05, 0.1) is 4.90 Å². The van der Waals surface area contributed by atoms with E-state index in [-0.39, 0.29) is 0 Å². The van der Waals surface area contributed by atoms with Gasteiger partial charge >= 0.3 is 0 Å². The maximum absolute atomic E-state index is 12.9. The highest BCUT2D eigenvalue weighted by Gasteiger charge is 2.29. The lowest BCUT2D eigenvalue weighted by Gasteiger charge is -2.32. The van der Waals surface area contributed by atoms with Crippen LogP contribution in [0.15, 0.2) is 35.2 Å².